The summed E-state index contributed by atoms with van der Waals surface area (Å²) in [5, 5.41) is 2.87. The van der Waals surface area contributed by atoms with Crippen molar-refractivity contribution in [3.63, 3.8) is 0 Å². The summed E-state index contributed by atoms with van der Waals surface area (Å²) in [4.78, 5) is 18.0. The van der Waals surface area contributed by atoms with Crippen LogP contribution in [0.1, 0.15) is 12.0 Å². The van der Waals surface area contributed by atoms with Gasteiger partial charge in [0.1, 0.15) is 10.7 Å². The Morgan fingerprint density at radius 3 is 2.54 bits per heavy atom. The molecule has 2 rings (SSSR count). The molecule has 1 aromatic carbocycles. The minimum Gasteiger partial charge on any atom is -0.363 e. The SMILES string of the molecule is CN(C)c1ccc(CNC(=O)CCNS(=O)(=O)c2ccccc2Cl)cn1. The van der Waals surface area contributed by atoms with Gasteiger partial charge in [0.15, 0.2) is 0 Å². The molecule has 1 aromatic heterocycles. The molecule has 0 saturated heterocycles. The monoisotopic (exact) mass is 396 g/mol. The number of benzene rings is 1. The highest BCUT2D eigenvalue weighted by Gasteiger charge is 2.17. The third-order valence-electron chi connectivity index (χ3n) is 3.53. The van der Waals surface area contributed by atoms with Crippen LogP contribution < -0.4 is 14.9 Å². The average molecular weight is 397 g/mol. The van der Waals surface area contributed by atoms with Gasteiger partial charge in [-0.3, -0.25) is 4.79 Å². The molecule has 0 spiro atoms. The minimum absolute atomic E-state index is 0.00543. The molecule has 0 aliphatic carbocycles. The van der Waals surface area contributed by atoms with Crippen molar-refractivity contribution in [1.29, 1.82) is 0 Å². The molecule has 9 heteroatoms. The zero-order valence-corrected chi connectivity index (χ0v) is 16.1. The predicted molar refractivity (Wildman–Crippen MR) is 102 cm³/mol. The molecule has 26 heavy (non-hydrogen) atoms. The molecule has 1 amide bonds. The summed E-state index contributed by atoms with van der Waals surface area (Å²) >= 11 is 5.89. The first-order chi connectivity index (χ1) is 12.3. The Hall–Kier alpha value is -2.16. The molecule has 2 aromatic rings. The van der Waals surface area contributed by atoms with Crippen LogP contribution in [0.3, 0.4) is 0 Å². The van der Waals surface area contributed by atoms with E-state index in [-0.39, 0.29) is 28.8 Å². The van der Waals surface area contributed by atoms with E-state index >= 15 is 0 Å². The number of halogens is 1. The molecule has 0 aliphatic heterocycles. The standard InChI is InChI=1S/C17H21ClN4O3S/c1-22(2)16-8-7-13(11-19-16)12-20-17(23)9-10-21-26(24,25)15-6-4-3-5-14(15)18/h3-8,11,21H,9-10,12H2,1-2H3,(H,20,23). The molecule has 0 aliphatic rings. The molecule has 0 unspecified atom stereocenters. The second-order valence-corrected chi connectivity index (χ2v) is 7.92. The maximum Gasteiger partial charge on any atom is 0.242 e. The fourth-order valence-corrected chi connectivity index (χ4v) is 3.66. The van der Waals surface area contributed by atoms with Crippen molar-refractivity contribution in [1.82, 2.24) is 15.0 Å². The van der Waals surface area contributed by atoms with Crippen molar-refractivity contribution in [3.05, 3.63) is 53.2 Å². The molecule has 7 nitrogen and oxygen atoms in total. The summed E-state index contributed by atoms with van der Waals surface area (Å²) < 4.78 is 26.7. The van der Waals surface area contributed by atoms with Gasteiger partial charge in [0.25, 0.3) is 0 Å². The van der Waals surface area contributed by atoms with Gasteiger partial charge in [-0.15, -0.1) is 0 Å². The minimum atomic E-state index is -3.74. The van der Waals surface area contributed by atoms with Gasteiger partial charge in [-0.2, -0.15) is 0 Å². The molecular formula is C17H21ClN4O3S. The van der Waals surface area contributed by atoms with Gasteiger partial charge in [0.2, 0.25) is 15.9 Å². The van der Waals surface area contributed by atoms with Crippen molar-refractivity contribution < 1.29 is 13.2 Å². The van der Waals surface area contributed by atoms with Crippen LogP contribution in [0.25, 0.3) is 0 Å². The molecule has 0 radical (unpaired) electrons. The normalized spacial score (nSPS) is 11.2. The third kappa shape index (κ3) is 5.69. The van der Waals surface area contributed by atoms with E-state index in [9.17, 15) is 13.2 Å². The number of hydrogen-bond donors (Lipinski definition) is 2. The van der Waals surface area contributed by atoms with Gasteiger partial charge >= 0.3 is 0 Å². The fraction of sp³-hybridized carbons (Fsp3) is 0.294. The summed E-state index contributed by atoms with van der Waals surface area (Å²) in [7, 11) is 0.0493. The lowest BCUT2D eigenvalue weighted by Crippen LogP contribution is -2.30. The lowest BCUT2D eigenvalue weighted by atomic mass is 10.2. The highest BCUT2D eigenvalue weighted by atomic mass is 35.5. The largest absolute Gasteiger partial charge is 0.363 e. The number of nitrogens with zero attached hydrogens (tertiary/aromatic N) is 2. The van der Waals surface area contributed by atoms with Crippen molar-refractivity contribution >= 4 is 33.3 Å². The van der Waals surface area contributed by atoms with Crippen LogP contribution >= 0.6 is 11.6 Å². The number of amides is 1. The van der Waals surface area contributed by atoms with Crippen molar-refractivity contribution in [2.75, 3.05) is 25.5 Å². The maximum absolute atomic E-state index is 12.2. The summed E-state index contributed by atoms with van der Waals surface area (Å²) in [6.07, 6.45) is 1.71. The first-order valence-electron chi connectivity index (χ1n) is 7.93. The Morgan fingerprint density at radius 2 is 1.92 bits per heavy atom. The van der Waals surface area contributed by atoms with E-state index in [0.29, 0.717) is 6.54 Å². The van der Waals surface area contributed by atoms with Gasteiger partial charge in [-0.1, -0.05) is 29.8 Å². The molecule has 0 fully saturated rings. The van der Waals surface area contributed by atoms with Gasteiger partial charge in [0, 0.05) is 39.8 Å². The number of rotatable bonds is 8. The smallest absolute Gasteiger partial charge is 0.242 e. The van der Waals surface area contributed by atoms with E-state index in [1.54, 1.807) is 18.3 Å². The third-order valence-corrected chi connectivity index (χ3v) is 5.49. The van der Waals surface area contributed by atoms with Crippen LogP contribution in [0.15, 0.2) is 47.5 Å². The summed E-state index contributed by atoms with van der Waals surface area (Å²) in [6, 6.07) is 9.88. The van der Waals surface area contributed by atoms with Crippen LogP contribution in [-0.4, -0.2) is 39.9 Å². The first-order valence-corrected chi connectivity index (χ1v) is 9.79. The number of hydrogen-bond acceptors (Lipinski definition) is 5. The Bertz CT molecular complexity index is 855. The zero-order valence-electron chi connectivity index (χ0n) is 14.6. The Morgan fingerprint density at radius 1 is 1.19 bits per heavy atom. The molecule has 140 valence electrons. The molecule has 0 bridgehead atoms. The Kier molecular flexibility index (Phi) is 6.96. The maximum atomic E-state index is 12.2. The van der Waals surface area contributed by atoms with Gasteiger partial charge in [-0.25, -0.2) is 18.1 Å². The molecule has 1 heterocycles. The zero-order chi connectivity index (χ0) is 19.2. The number of pyridine rings is 1. The lowest BCUT2D eigenvalue weighted by molar-refractivity contribution is -0.121. The van der Waals surface area contributed by atoms with E-state index in [2.05, 4.69) is 15.0 Å². The summed E-state index contributed by atoms with van der Waals surface area (Å²) in [6.45, 7) is 0.314. The second kappa shape index (κ2) is 8.98. The van der Waals surface area contributed by atoms with E-state index in [1.807, 2.05) is 31.1 Å². The highest BCUT2D eigenvalue weighted by molar-refractivity contribution is 7.89. The molecule has 0 atom stereocenters. The Balaban J connectivity index is 1.79. The Labute approximate surface area is 158 Å². The van der Waals surface area contributed by atoms with Crippen molar-refractivity contribution in [3.8, 4) is 0 Å². The molecule has 0 saturated carbocycles. The predicted octanol–water partition coefficient (Wildman–Crippen LogP) is 1.79. The van der Waals surface area contributed by atoms with E-state index in [0.717, 1.165) is 11.4 Å². The number of nitrogens with one attached hydrogen (secondary N) is 2. The first kappa shape index (κ1) is 20.2. The number of anilines is 1. The summed E-state index contributed by atoms with van der Waals surface area (Å²) in [5.41, 5.74) is 0.862. The van der Waals surface area contributed by atoms with Crippen molar-refractivity contribution in [2.45, 2.75) is 17.9 Å². The lowest BCUT2D eigenvalue weighted by Gasteiger charge is -2.11. The van der Waals surface area contributed by atoms with Crippen molar-refractivity contribution in [2.24, 2.45) is 0 Å². The number of carbonyl (C=O) groups excluding carboxylic acids is 1. The number of carbonyl (C=O) groups is 1. The van der Waals surface area contributed by atoms with E-state index < -0.39 is 10.0 Å². The molecular weight excluding hydrogens is 376 g/mol. The van der Waals surface area contributed by atoms with Crippen LogP contribution in [0.2, 0.25) is 5.02 Å². The van der Waals surface area contributed by atoms with E-state index in [1.165, 1.54) is 12.1 Å². The average Bonchev–Trinajstić information content (AvgIpc) is 2.60. The van der Waals surface area contributed by atoms with E-state index in [4.69, 9.17) is 11.6 Å². The topological polar surface area (TPSA) is 91.4 Å². The highest BCUT2D eigenvalue weighted by Crippen LogP contribution is 2.19. The van der Waals surface area contributed by atoms with Crippen LogP contribution in [0.4, 0.5) is 5.82 Å². The molecule has 2 N–H and O–H groups in total. The van der Waals surface area contributed by atoms with Crippen LogP contribution in [0, 0.1) is 0 Å². The fourth-order valence-electron chi connectivity index (χ4n) is 2.11. The second-order valence-electron chi connectivity index (χ2n) is 5.77. The van der Waals surface area contributed by atoms with Gasteiger partial charge in [-0.05, 0) is 23.8 Å². The van der Waals surface area contributed by atoms with Crippen LogP contribution in [0.5, 0.6) is 0 Å². The number of aromatic nitrogens is 1. The quantitative estimate of drug-likeness (QED) is 0.709. The van der Waals surface area contributed by atoms with Crippen LogP contribution in [-0.2, 0) is 21.4 Å². The summed E-state index contributed by atoms with van der Waals surface area (Å²) in [5.74, 6) is 0.567. The number of sulfonamides is 1. The van der Waals surface area contributed by atoms with Gasteiger partial charge in [0.05, 0.1) is 5.02 Å². The van der Waals surface area contributed by atoms with Gasteiger partial charge < -0.3 is 10.2 Å².